The molecule has 0 radical (unpaired) electrons. The highest BCUT2D eigenvalue weighted by molar-refractivity contribution is 8.15. The molecule has 0 aliphatic carbocycles. The van der Waals surface area contributed by atoms with E-state index >= 15 is 0 Å². The SMILES string of the molecule is O=C1[C@H]2CN3N=C(c4ccccc4)S[C@@]3(c3ccccc3)[C@H]2C(=O)N1Cc1ccccc1. The van der Waals surface area contributed by atoms with Crippen molar-refractivity contribution in [1.29, 1.82) is 0 Å². The highest BCUT2D eigenvalue weighted by atomic mass is 32.2. The monoisotopic (exact) mass is 439 g/mol. The fraction of sp³-hybridized carbons (Fsp3) is 0.192. The van der Waals surface area contributed by atoms with Crippen LogP contribution in [0.1, 0.15) is 16.7 Å². The molecule has 6 heteroatoms. The number of hydrogen-bond donors (Lipinski definition) is 0. The smallest absolute Gasteiger partial charge is 0.237 e. The number of hydrogen-bond acceptors (Lipinski definition) is 5. The van der Waals surface area contributed by atoms with Crippen LogP contribution in [0, 0.1) is 11.8 Å². The molecule has 5 nitrogen and oxygen atoms in total. The normalized spacial score (nSPS) is 26.3. The first-order valence-electron chi connectivity index (χ1n) is 10.7. The van der Waals surface area contributed by atoms with Gasteiger partial charge in [0.1, 0.15) is 9.91 Å². The molecule has 6 rings (SSSR count). The predicted octanol–water partition coefficient (Wildman–Crippen LogP) is 4.07. The maximum Gasteiger partial charge on any atom is 0.237 e. The number of rotatable bonds is 4. The number of nitrogens with zero attached hydrogens (tertiary/aromatic N) is 3. The van der Waals surface area contributed by atoms with E-state index in [0.29, 0.717) is 13.1 Å². The summed E-state index contributed by atoms with van der Waals surface area (Å²) in [6.07, 6.45) is 0. The molecule has 0 spiro atoms. The molecule has 2 fully saturated rings. The quantitative estimate of drug-likeness (QED) is 0.575. The molecule has 158 valence electrons. The minimum atomic E-state index is -0.713. The summed E-state index contributed by atoms with van der Waals surface area (Å²) < 4.78 is 0. The predicted molar refractivity (Wildman–Crippen MR) is 124 cm³/mol. The third-order valence-corrected chi connectivity index (χ3v) is 8.07. The first kappa shape index (κ1) is 19.3. The highest BCUT2D eigenvalue weighted by Gasteiger charge is 2.68. The number of carbonyl (C=O) groups excluding carboxylic acids is 2. The van der Waals surface area contributed by atoms with Gasteiger partial charge in [-0.1, -0.05) is 103 Å². The van der Waals surface area contributed by atoms with Crippen molar-refractivity contribution in [2.75, 3.05) is 6.54 Å². The third kappa shape index (κ3) is 2.76. The van der Waals surface area contributed by atoms with Gasteiger partial charge in [-0.05, 0) is 11.1 Å². The first-order valence-corrected chi connectivity index (χ1v) is 11.6. The molecule has 2 saturated heterocycles. The van der Waals surface area contributed by atoms with E-state index in [9.17, 15) is 9.59 Å². The van der Waals surface area contributed by atoms with Crippen LogP contribution >= 0.6 is 11.8 Å². The highest BCUT2D eigenvalue weighted by Crippen LogP contribution is 2.60. The van der Waals surface area contributed by atoms with Crippen LogP contribution in [-0.2, 0) is 21.0 Å². The Morgan fingerprint density at radius 1 is 0.844 bits per heavy atom. The van der Waals surface area contributed by atoms with Gasteiger partial charge in [-0.2, -0.15) is 5.10 Å². The van der Waals surface area contributed by atoms with E-state index in [-0.39, 0.29) is 17.7 Å². The van der Waals surface area contributed by atoms with E-state index in [1.807, 2.05) is 96.0 Å². The molecule has 32 heavy (non-hydrogen) atoms. The van der Waals surface area contributed by atoms with Crippen molar-refractivity contribution >= 4 is 28.6 Å². The van der Waals surface area contributed by atoms with E-state index in [0.717, 1.165) is 21.7 Å². The zero-order chi connectivity index (χ0) is 21.7. The lowest BCUT2D eigenvalue weighted by Crippen LogP contribution is -2.43. The zero-order valence-corrected chi connectivity index (χ0v) is 18.1. The number of likely N-dealkylation sites (tertiary alicyclic amines) is 1. The van der Waals surface area contributed by atoms with Crippen molar-refractivity contribution in [3.8, 4) is 0 Å². The molecule has 3 aromatic carbocycles. The zero-order valence-electron chi connectivity index (χ0n) is 17.3. The molecule has 0 saturated carbocycles. The number of amides is 2. The Morgan fingerprint density at radius 2 is 1.47 bits per heavy atom. The molecular formula is C26H21N3O2S. The summed E-state index contributed by atoms with van der Waals surface area (Å²) >= 11 is 1.60. The molecule has 3 heterocycles. The second kappa shape index (κ2) is 7.35. The van der Waals surface area contributed by atoms with E-state index in [1.165, 1.54) is 4.90 Å². The standard InChI is InChI=1S/C26H21N3O2S/c30-24-21-17-29-26(20-14-8-3-9-15-20,32-23(27-29)19-12-6-2-7-13-19)22(21)25(31)28(24)16-18-10-4-1-5-11-18/h1-15,21-22H,16-17H2/t21-,22+,26-/m0/s1. The van der Waals surface area contributed by atoms with Crippen molar-refractivity contribution in [2.24, 2.45) is 16.9 Å². The lowest BCUT2D eigenvalue weighted by molar-refractivity contribution is -0.142. The molecule has 0 bridgehead atoms. The molecule has 0 N–H and O–H groups in total. The molecule has 2 amide bonds. The van der Waals surface area contributed by atoms with Gasteiger partial charge >= 0.3 is 0 Å². The van der Waals surface area contributed by atoms with Crippen LogP contribution in [0.2, 0.25) is 0 Å². The Hall–Kier alpha value is -3.38. The average Bonchev–Trinajstić information content (AvgIpc) is 3.44. The second-order valence-electron chi connectivity index (χ2n) is 8.35. The van der Waals surface area contributed by atoms with Crippen molar-refractivity contribution in [2.45, 2.75) is 11.4 Å². The van der Waals surface area contributed by atoms with Crippen molar-refractivity contribution < 1.29 is 9.59 Å². The maximum absolute atomic E-state index is 13.8. The molecule has 0 aromatic heterocycles. The summed E-state index contributed by atoms with van der Waals surface area (Å²) in [5, 5.41) is 7.79. The number of imide groups is 1. The molecular weight excluding hydrogens is 418 g/mol. The second-order valence-corrected chi connectivity index (χ2v) is 9.56. The Labute approximate surface area is 190 Å². The summed E-state index contributed by atoms with van der Waals surface area (Å²) in [6.45, 7) is 0.756. The van der Waals surface area contributed by atoms with Gasteiger partial charge in [0, 0.05) is 5.56 Å². The van der Waals surface area contributed by atoms with Gasteiger partial charge in [-0.3, -0.25) is 19.5 Å². The first-order chi connectivity index (χ1) is 15.7. The minimum Gasteiger partial charge on any atom is -0.277 e. The third-order valence-electron chi connectivity index (χ3n) is 6.55. The Kier molecular flexibility index (Phi) is 4.43. The molecule has 3 aliphatic rings. The van der Waals surface area contributed by atoms with Gasteiger partial charge in [-0.15, -0.1) is 0 Å². The average molecular weight is 440 g/mol. The topological polar surface area (TPSA) is 53.0 Å². The van der Waals surface area contributed by atoms with Crippen molar-refractivity contribution in [1.82, 2.24) is 9.91 Å². The Balaban J connectivity index is 1.42. The number of benzene rings is 3. The summed E-state index contributed by atoms with van der Waals surface area (Å²) in [7, 11) is 0. The fourth-order valence-corrected chi connectivity index (χ4v) is 6.64. The maximum atomic E-state index is 13.8. The van der Waals surface area contributed by atoms with Crippen LogP contribution in [0.25, 0.3) is 0 Å². The number of carbonyl (C=O) groups is 2. The molecule has 0 unspecified atom stereocenters. The number of thioether (sulfide) groups is 1. The molecule has 3 aromatic rings. The minimum absolute atomic E-state index is 0.0920. The fourth-order valence-electron chi connectivity index (χ4n) is 5.09. The van der Waals surface area contributed by atoms with E-state index in [2.05, 4.69) is 0 Å². The lowest BCUT2D eigenvalue weighted by Gasteiger charge is -2.35. The van der Waals surface area contributed by atoms with Gasteiger partial charge in [0.05, 0.1) is 24.9 Å². The van der Waals surface area contributed by atoms with Gasteiger partial charge < -0.3 is 0 Å². The van der Waals surface area contributed by atoms with Crippen LogP contribution < -0.4 is 0 Å². The number of hydrazone groups is 1. The summed E-state index contributed by atoms with van der Waals surface area (Å²) in [6, 6.07) is 29.8. The van der Waals surface area contributed by atoms with E-state index < -0.39 is 10.8 Å². The number of fused-ring (bicyclic) bond motifs is 3. The van der Waals surface area contributed by atoms with Gasteiger partial charge in [0.2, 0.25) is 11.8 Å². The van der Waals surface area contributed by atoms with Crippen LogP contribution in [0.5, 0.6) is 0 Å². The van der Waals surface area contributed by atoms with Crippen LogP contribution in [0.3, 0.4) is 0 Å². The van der Waals surface area contributed by atoms with Gasteiger partial charge in [-0.25, -0.2) is 0 Å². The van der Waals surface area contributed by atoms with Crippen LogP contribution in [0.4, 0.5) is 0 Å². The Morgan fingerprint density at radius 3 is 2.16 bits per heavy atom. The van der Waals surface area contributed by atoms with Crippen LogP contribution in [0.15, 0.2) is 96.1 Å². The Bertz CT molecular complexity index is 1220. The molecule has 3 aliphatic heterocycles. The lowest BCUT2D eigenvalue weighted by atomic mass is 9.88. The van der Waals surface area contributed by atoms with Crippen molar-refractivity contribution in [3.63, 3.8) is 0 Å². The molecule has 3 atom stereocenters. The van der Waals surface area contributed by atoms with E-state index in [4.69, 9.17) is 5.10 Å². The largest absolute Gasteiger partial charge is 0.277 e. The summed E-state index contributed by atoms with van der Waals surface area (Å²) in [5.74, 6) is -1.06. The van der Waals surface area contributed by atoms with Crippen molar-refractivity contribution in [3.05, 3.63) is 108 Å². The summed E-state index contributed by atoms with van der Waals surface area (Å²) in [4.78, 5) is 27.9. The summed E-state index contributed by atoms with van der Waals surface area (Å²) in [5.41, 5.74) is 2.99. The van der Waals surface area contributed by atoms with Gasteiger partial charge in [0.15, 0.2) is 0 Å². The van der Waals surface area contributed by atoms with Crippen LogP contribution in [-0.4, -0.2) is 33.3 Å². The van der Waals surface area contributed by atoms with Gasteiger partial charge in [0.25, 0.3) is 0 Å². The van der Waals surface area contributed by atoms with E-state index in [1.54, 1.807) is 11.8 Å².